The number of phenols is 1. The molecule has 0 unspecified atom stereocenters. The van der Waals surface area contributed by atoms with Crippen molar-refractivity contribution in [3.63, 3.8) is 0 Å². The van der Waals surface area contributed by atoms with E-state index in [2.05, 4.69) is 15.0 Å². The molecule has 34 heavy (non-hydrogen) atoms. The smallest absolute Gasteiger partial charge is 0.422 e. The van der Waals surface area contributed by atoms with Crippen molar-refractivity contribution in [2.24, 2.45) is 0 Å². The monoisotopic (exact) mass is 496 g/mol. The van der Waals surface area contributed by atoms with Gasteiger partial charge in [0.15, 0.2) is 23.1 Å². The van der Waals surface area contributed by atoms with Crippen molar-refractivity contribution in [3.8, 4) is 17.2 Å². The maximum Gasteiger partial charge on any atom is 0.422 e. The quantitative estimate of drug-likeness (QED) is 0.266. The van der Waals surface area contributed by atoms with Crippen LogP contribution >= 0.6 is 0 Å². The summed E-state index contributed by atoms with van der Waals surface area (Å²) in [5, 5.41) is 13.1. The van der Waals surface area contributed by atoms with Crippen LogP contribution < -0.4 is 10.1 Å². The molecule has 1 aliphatic heterocycles. The molecule has 0 bridgehead atoms. The Hall–Kier alpha value is -2.73. The molecule has 0 spiro atoms. The Morgan fingerprint density at radius 3 is 2.18 bits per heavy atom. The van der Waals surface area contributed by atoms with E-state index in [4.69, 9.17) is 4.74 Å². The number of alkyl halides is 3. The molecule has 1 saturated heterocycles. The lowest BCUT2D eigenvalue weighted by Gasteiger charge is -2.26. The van der Waals surface area contributed by atoms with Gasteiger partial charge in [-0.2, -0.15) is 22.0 Å². The predicted octanol–water partition coefficient (Wildman–Crippen LogP) is 5.67. The lowest BCUT2D eigenvalue weighted by Crippen LogP contribution is -2.36. The van der Waals surface area contributed by atoms with Crippen LogP contribution in [0.4, 0.5) is 36.4 Å². The summed E-state index contributed by atoms with van der Waals surface area (Å²) in [6.07, 6.45) is -2.85. The number of phenolic OH excluding ortho intramolecular Hbond substituents is 1. The molecule has 2 aromatic carbocycles. The molecule has 3 rings (SSSR count). The van der Waals surface area contributed by atoms with Crippen molar-refractivity contribution in [3.05, 3.63) is 47.0 Å². The largest absolute Gasteiger partial charge is 0.504 e. The van der Waals surface area contributed by atoms with E-state index >= 15 is 0 Å². The fourth-order valence-corrected chi connectivity index (χ4v) is 3.47. The number of nitrogens with zero attached hydrogens (tertiary/aromatic N) is 1. The summed E-state index contributed by atoms with van der Waals surface area (Å²) in [6, 6.07) is 3.58. The van der Waals surface area contributed by atoms with Crippen molar-refractivity contribution in [2.75, 3.05) is 44.7 Å². The molecule has 0 saturated carbocycles. The summed E-state index contributed by atoms with van der Waals surface area (Å²) in [7, 11) is 0. The van der Waals surface area contributed by atoms with Gasteiger partial charge in [0.1, 0.15) is 5.56 Å². The Labute approximate surface area is 191 Å². The number of aromatic hydroxyl groups is 1. The minimum absolute atomic E-state index is 0.434. The highest BCUT2D eigenvalue weighted by Crippen LogP contribution is 2.42. The van der Waals surface area contributed by atoms with E-state index in [9.17, 15) is 35.8 Å². The van der Waals surface area contributed by atoms with Gasteiger partial charge in [0, 0.05) is 31.4 Å². The normalized spacial score (nSPS) is 14.9. The first-order chi connectivity index (χ1) is 16.1. The van der Waals surface area contributed by atoms with Crippen LogP contribution in [-0.2, 0) is 10.9 Å². The van der Waals surface area contributed by atoms with E-state index in [0.717, 1.165) is 64.2 Å². The van der Waals surface area contributed by atoms with Gasteiger partial charge in [-0.3, -0.25) is 4.90 Å². The van der Waals surface area contributed by atoms with Gasteiger partial charge in [0.25, 0.3) is 0 Å². The van der Waals surface area contributed by atoms with Crippen LogP contribution in [-0.4, -0.2) is 49.4 Å². The number of morpholine rings is 1. The van der Waals surface area contributed by atoms with Crippen LogP contribution in [0.1, 0.15) is 24.8 Å². The summed E-state index contributed by atoms with van der Waals surface area (Å²) >= 11 is 0. The Morgan fingerprint density at radius 2 is 1.59 bits per heavy atom. The highest BCUT2D eigenvalue weighted by atomic mass is 19.4. The summed E-state index contributed by atoms with van der Waals surface area (Å²) in [5.74, 6) is -13.0. The van der Waals surface area contributed by atoms with Gasteiger partial charge < -0.3 is 19.9 Å². The van der Waals surface area contributed by atoms with Crippen molar-refractivity contribution < 1.29 is 45.3 Å². The lowest BCUT2D eigenvalue weighted by molar-refractivity contribution is -0.143. The molecule has 12 heteroatoms. The Morgan fingerprint density at radius 1 is 0.941 bits per heavy atom. The Bertz CT molecular complexity index is 966. The molecule has 0 atom stereocenters. The highest BCUT2D eigenvalue weighted by molar-refractivity contribution is 5.55. The summed E-state index contributed by atoms with van der Waals surface area (Å²) < 4.78 is 104. The molecule has 1 fully saturated rings. The molecule has 2 aromatic rings. The van der Waals surface area contributed by atoms with Gasteiger partial charge in [-0.25, -0.2) is 8.78 Å². The molecule has 0 aliphatic carbocycles. The van der Waals surface area contributed by atoms with Crippen molar-refractivity contribution in [1.82, 2.24) is 4.90 Å². The number of unbranched alkanes of at least 4 members (excludes halogenated alkanes) is 2. The van der Waals surface area contributed by atoms with Gasteiger partial charge in [0.05, 0.1) is 13.2 Å². The van der Waals surface area contributed by atoms with E-state index in [-0.39, 0.29) is 0 Å². The second kappa shape index (κ2) is 11.1. The summed E-state index contributed by atoms with van der Waals surface area (Å²) in [5.41, 5.74) is -2.27. The number of benzene rings is 2. The molecule has 1 aliphatic rings. The average Bonchev–Trinajstić information content (AvgIpc) is 2.79. The van der Waals surface area contributed by atoms with Crippen LogP contribution in [0, 0.1) is 23.3 Å². The zero-order valence-corrected chi connectivity index (χ0v) is 18.0. The first-order valence-corrected chi connectivity index (χ1v) is 10.6. The molecule has 5 nitrogen and oxygen atoms in total. The van der Waals surface area contributed by atoms with Gasteiger partial charge in [-0.15, -0.1) is 0 Å². The van der Waals surface area contributed by atoms with Crippen molar-refractivity contribution in [1.29, 1.82) is 0 Å². The van der Waals surface area contributed by atoms with E-state index in [1.165, 1.54) is 6.07 Å². The minimum Gasteiger partial charge on any atom is -0.504 e. The van der Waals surface area contributed by atoms with E-state index in [0.29, 0.717) is 12.2 Å². The van der Waals surface area contributed by atoms with Crippen LogP contribution in [0.5, 0.6) is 17.2 Å². The molecule has 188 valence electrons. The van der Waals surface area contributed by atoms with E-state index in [1.807, 2.05) is 0 Å². The zero-order valence-electron chi connectivity index (χ0n) is 18.0. The number of ether oxygens (including phenoxy) is 2. The second-order valence-electron chi connectivity index (χ2n) is 7.68. The molecule has 2 N–H and O–H groups in total. The summed E-state index contributed by atoms with van der Waals surface area (Å²) in [4.78, 5) is 2.33. The highest BCUT2D eigenvalue weighted by Gasteiger charge is 2.43. The SMILES string of the molecule is Oc1cc(NCCCCCN2CCOCC2)ccc1Oc1c(F)c(F)c(C(F)(F)F)c(F)c1F. The first kappa shape index (κ1) is 25.9. The fourth-order valence-electron chi connectivity index (χ4n) is 3.47. The number of rotatable bonds is 9. The molecular weight excluding hydrogens is 473 g/mol. The van der Waals surface area contributed by atoms with Crippen molar-refractivity contribution >= 4 is 5.69 Å². The number of anilines is 1. The summed E-state index contributed by atoms with van der Waals surface area (Å²) in [6.45, 7) is 4.88. The zero-order chi connectivity index (χ0) is 24.9. The van der Waals surface area contributed by atoms with Gasteiger partial charge in [-0.1, -0.05) is 6.42 Å². The van der Waals surface area contributed by atoms with E-state index < -0.39 is 52.3 Å². The number of hydrogen-bond donors (Lipinski definition) is 2. The Kier molecular flexibility index (Phi) is 8.47. The first-order valence-electron chi connectivity index (χ1n) is 10.6. The maximum absolute atomic E-state index is 14.0. The lowest BCUT2D eigenvalue weighted by atomic mass is 10.1. The van der Waals surface area contributed by atoms with Crippen LogP contribution in [0.3, 0.4) is 0 Å². The van der Waals surface area contributed by atoms with Crippen LogP contribution in [0.15, 0.2) is 18.2 Å². The van der Waals surface area contributed by atoms with Crippen LogP contribution in [0.25, 0.3) is 0 Å². The molecular formula is C22H23F7N2O3. The Balaban J connectivity index is 1.57. The topological polar surface area (TPSA) is 54.0 Å². The van der Waals surface area contributed by atoms with Gasteiger partial charge in [-0.05, 0) is 31.5 Å². The minimum atomic E-state index is -5.66. The fraction of sp³-hybridized carbons (Fsp3) is 0.455. The maximum atomic E-state index is 14.0. The van der Waals surface area contributed by atoms with Crippen molar-refractivity contribution in [2.45, 2.75) is 25.4 Å². The molecule has 0 aromatic heterocycles. The van der Waals surface area contributed by atoms with Gasteiger partial charge in [0.2, 0.25) is 17.4 Å². The second-order valence-corrected chi connectivity index (χ2v) is 7.68. The molecule has 0 amide bonds. The van der Waals surface area contributed by atoms with Gasteiger partial charge >= 0.3 is 6.18 Å². The predicted molar refractivity (Wildman–Crippen MR) is 109 cm³/mol. The third-order valence-corrected chi connectivity index (χ3v) is 5.26. The third kappa shape index (κ3) is 6.23. The number of halogens is 7. The molecule has 0 radical (unpaired) electrons. The average molecular weight is 496 g/mol. The standard InChI is InChI=1S/C22H23F7N2O3/c23-17-16(22(27,28)29)18(24)20(26)21(19(17)25)34-15-5-4-13(12-14(15)32)30-6-2-1-3-7-31-8-10-33-11-9-31/h4-5,12,30,32H,1-3,6-11H2. The molecule has 1 heterocycles. The third-order valence-electron chi connectivity index (χ3n) is 5.26. The van der Waals surface area contributed by atoms with Crippen LogP contribution in [0.2, 0.25) is 0 Å². The van der Waals surface area contributed by atoms with E-state index in [1.54, 1.807) is 0 Å². The number of nitrogens with one attached hydrogen (secondary N) is 1. The number of hydrogen-bond acceptors (Lipinski definition) is 5.